The van der Waals surface area contributed by atoms with E-state index in [1.165, 1.54) is 0 Å². The lowest BCUT2D eigenvalue weighted by molar-refractivity contribution is 0.145. The van der Waals surface area contributed by atoms with E-state index in [1.54, 1.807) is 18.3 Å². The Morgan fingerprint density at radius 2 is 2.08 bits per heavy atom. The maximum atomic E-state index is 10.2. The first kappa shape index (κ1) is 16.9. The normalized spacial score (nSPS) is 15.5. The molecule has 1 saturated heterocycles. The summed E-state index contributed by atoms with van der Waals surface area (Å²) in [6, 6.07) is 7.37. The van der Waals surface area contributed by atoms with Crippen LogP contribution in [0.25, 0.3) is 0 Å². The number of aryl methyl sites for hydroxylation is 1. The van der Waals surface area contributed by atoms with E-state index in [0.29, 0.717) is 11.6 Å². The van der Waals surface area contributed by atoms with E-state index in [9.17, 15) is 10.2 Å². The monoisotopic (exact) mass is 347 g/mol. The van der Waals surface area contributed by atoms with Crippen LogP contribution in [0.5, 0.6) is 5.75 Å². The second kappa shape index (κ2) is 7.28. The summed E-state index contributed by atoms with van der Waals surface area (Å²) in [6.07, 6.45) is 3.06. The largest absolute Gasteiger partial charge is 0.507 e. The lowest BCUT2D eigenvalue weighted by atomic mass is 10.1. The number of nitrogens with zero attached hydrogens (tertiary/aromatic N) is 2. The summed E-state index contributed by atoms with van der Waals surface area (Å²) in [4.78, 5) is 6.67. The zero-order valence-electron chi connectivity index (χ0n) is 13.7. The van der Waals surface area contributed by atoms with Crippen molar-refractivity contribution in [1.29, 1.82) is 0 Å². The molecule has 1 aliphatic rings. The van der Waals surface area contributed by atoms with E-state index < -0.39 is 0 Å². The third-order valence-corrected chi connectivity index (χ3v) is 4.58. The lowest BCUT2D eigenvalue weighted by Crippen LogP contribution is -2.36. The molecule has 0 unspecified atom stereocenters. The van der Waals surface area contributed by atoms with Crippen LogP contribution in [0, 0.1) is 6.92 Å². The van der Waals surface area contributed by atoms with Gasteiger partial charge in [0.25, 0.3) is 0 Å². The Labute approximate surface area is 146 Å². The van der Waals surface area contributed by atoms with Crippen LogP contribution < -0.4 is 10.2 Å². The number of aromatic hydroxyl groups is 1. The van der Waals surface area contributed by atoms with E-state index in [2.05, 4.69) is 15.2 Å². The summed E-state index contributed by atoms with van der Waals surface area (Å²) in [5.41, 5.74) is 2.42. The van der Waals surface area contributed by atoms with Gasteiger partial charge < -0.3 is 20.4 Å². The SMILES string of the molecule is Cc1cc(Cl)cc(CNc2cccnc2N2CCC(O)CC2)c1O. The lowest BCUT2D eigenvalue weighted by Gasteiger charge is -2.31. The molecule has 3 rings (SSSR count). The summed E-state index contributed by atoms with van der Waals surface area (Å²) >= 11 is 6.09. The first-order chi connectivity index (χ1) is 11.5. The molecule has 0 saturated carbocycles. The predicted octanol–water partition coefficient (Wildman–Crippen LogP) is 3.32. The fraction of sp³-hybridized carbons (Fsp3) is 0.389. The third-order valence-electron chi connectivity index (χ3n) is 4.36. The number of phenolic OH excluding ortho intramolecular Hbond substituents is 1. The highest BCUT2D eigenvalue weighted by molar-refractivity contribution is 6.30. The van der Waals surface area contributed by atoms with E-state index in [1.807, 2.05) is 19.1 Å². The van der Waals surface area contributed by atoms with Crippen molar-refractivity contribution in [2.24, 2.45) is 0 Å². The molecule has 0 amide bonds. The average Bonchev–Trinajstić information content (AvgIpc) is 2.58. The van der Waals surface area contributed by atoms with Gasteiger partial charge in [0.2, 0.25) is 0 Å². The molecule has 3 N–H and O–H groups in total. The van der Waals surface area contributed by atoms with Gasteiger partial charge in [0.1, 0.15) is 5.75 Å². The Hall–Kier alpha value is -1.98. The third kappa shape index (κ3) is 3.74. The number of halogens is 1. The van der Waals surface area contributed by atoms with Crippen molar-refractivity contribution in [2.75, 3.05) is 23.3 Å². The summed E-state index contributed by atoms with van der Waals surface area (Å²) in [7, 11) is 0. The highest BCUT2D eigenvalue weighted by Crippen LogP contribution is 2.30. The van der Waals surface area contributed by atoms with Gasteiger partial charge in [-0.3, -0.25) is 0 Å². The number of hydrogen-bond donors (Lipinski definition) is 3. The van der Waals surface area contributed by atoms with Crippen LogP contribution >= 0.6 is 11.6 Å². The standard InChI is InChI=1S/C18H22ClN3O2/c1-12-9-14(19)10-13(17(12)24)11-21-16-3-2-6-20-18(16)22-7-4-15(23)5-8-22/h2-3,6,9-10,15,21,23-24H,4-5,7-8,11H2,1H3. The molecule has 128 valence electrons. The van der Waals surface area contributed by atoms with Crippen molar-refractivity contribution >= 4 is 23.1 Å². The highest BCUT2D eigenvalue weighted by Gasteiger charge is 2.20. The number of aromatic nitrogens is 1. The number of rotatable bonds is 4. The van der Waals surface area contributed by atoms with E-state index in [0.717, 1.165) is 48.6 Å². The fourth-order valence-electron chi connectivity index (χ4n) is 2.99. The summed E-state index contributed by atoms with van der Waals surface area (Å²) in [6.45, 7) is 3.87. The van der Waals surface area contributed by atoms with Crippen molar-refractivity contribution < 1.29 is 10.2 Å². The average molecular weight is 348 g/mol. The topological polar surface area (TPSA) is 68.6 Å². The van der Waals surface area contributed by atoms with Crippen LogP contribution in [0.15, 0.2) is 30.5 Å². The van der Waals surface area contributed by atoms with Gasteiger partial charge in [-0.25, -0.2) is 4.98 Å². The Bertz CT molecular complexity index is 715. The number of benzene rings is 1. The molecular weight excluding hydrogens is 326 g/mol. The number of piperidine rings is 1. The van der Waals surface area contributed by atoms with Crippen LogP contribution in [0.4, 0.5) is 11.5 Å². The maximum absolute atomic E-state index is 10.2. The van der Waals surface area contributed by atoms with E-state index in [4.69, 9.17) is 11.6 Å². The molecule has 0 atom stereocenters. The fourth-order valence-corrected chi connectivity index (χ4v) is 3.29. The summed E-state index contributed by atoms with van der Waals surface area (Å²) < 4.78 is 0. The summed E-state index contributed by atoms with van der Waals surface area (Å²) in [5, 5.41) is 23.8. The van der Waals surface area contributed by atoms with Gasteiger partial charge in [-0.05, 0) is 49.6 Å². The Balaban J connectivity index is 1.77. The van der Waals surface area contributed by atoms with Crippen LogP contribution in [-0.2, 0) is 6.54 Å². The van der Waals surface area contributed by atoms with Crippen LogP contribution in [-0.4, -0.2) is 34.4 Å². The van der Waals surface area contributed by atoms with Crippen LogP contribution in [0.2, 0.25) is 5.02 Å². The van der Waals surface area contributed by atoms with Gasteiger partial charge in [-0.2, -0.15) is 0 Å². The molecule has 1 aromatic carbocycles. The van der Waals surface area contributed by atoms with Crippen LogP contribution in [0.1, 0.15) is 24.0 Å². The molecule has 5 nitrogen and oxygen atoms in total. The van der Waals surface area contributed by atoms with E-state index >= 15 is 0 Å². The molecule has 1 fully saturated rings. The van der Waals surface area contributed by atoms with Gasteiger partial charge in [-0.15, -0.1) is 0 Å². The molecule has 1 aromatic heterocycles. The highest BCUT2D eigenvalue weighted by atomic mass is 35.5. The number of aliphatic hydroxyl groups is 1. The molecule has 1 aliphatic heterocycles. The van der Waals surface area contributed by atoms with Crippen molar-refractivity contribution in [2.45, 2.75) is 32.4 Å². The van der Waals surface area contributed by atoms with Gasteiger partial charge >= 0.3 is 0 Å². The predicted molar refractivity (Wildman–Crippen MR) is 96.9 cm³/mol. The number of aliphatic hydroxyl groups excluding tert-OH is 1. The van der Waals surface area contributed by atoms with Gasteiger partial charge in [-0.1, -0.05) is 11.6 Å². The Morgan fingerprint density at radius 1 is 1.33 bits per heavy atom. The van der Waals surface area contributed by atoms with Crippen molar-refractivity contribution in [1.82, 2.24) is 4.98 Å². The number of nitrogens with one attached hydrogen (secondary N) is 1. The zero-order valence-corrected chi connectivity index (χ0v) is 14.4. The molecule has 0 aliphatic carbocycles. The molecule has 2 aromatic rings. The molecule has 0 spiro atoms. The first-order valence-electron chi connectivity index (χ1n) is 8.14. The van der Waals surface area contributed by atoms with Crippen LogP contribution in [0.3, 0.4) is 0 Å². The van der Waals surface area contributed by atoms with E-state index in [-0.39, 0.29) is 11.9 Å². The van der Waals surface area contributed by atoms with Gasteiger partial charge in [0, 0.05) is 36.4 Å². The van der Waals surface area contributed by atoms with Gasteiger partial charge in [0.05, 0.1) is 11.8 Å². The molecule has 24 heavy (non-hydrogen) atoms. The minimum absolute atomic E-state index is 0.215. The van der Waals surface area contributed by atoms with Crippen molar-refractivity contribution in [3.8, 4) is 5.75 Å². The maximum Gasteiger partial charge on any atom is 0.151 e. The minimum atomic E-state index is -0.215. The molecular formula is C18H22ClN3O2. The zero-order chi connectivity index (χ0) is 17.1. The number of hydrogen-bond acceptors (Lipinski definition) is 5. The number of anilines is 2. The van der Waals surface area contributed by atoms with Crippen molar-refractivity contribution in [3.05, 3.63) is 46.6 Å². The van der Waals surface area contributed by atoms with Gasteiger partial charge in [0.15, 0.2) is 5.82 Å². The molecule has 0 radical (unpaired) electrons. The minimum Gasteiger partial charge on any atom is -0.507 e. The first-order valence-corrected chi connectivity index (χ1v) is 8.52. The molecule has 6 heteroatoms. The number of phenols is 1. The quantitative estimate of drug-likeness (QED) is 0.791. The van der Waals surface area contributed by atoms with Crippen molar-refractivity contribution in [3.63, 3.8) is 0 Å². The number of pyridine rings is 1. The second-order valence-corrected chi connectivity index (χ2v) is 6.61. The summed E-state index contributed by atoms with van der Waals surface area (Å²) in [5.74, 6) is 1.14. The molecule has 0 bridgehead atoms. The Kier molecular flexibility index (Phi) is 5.11. The second-order valence-electron chi connectivity index (χ2n) is 6.18. The smallest absolute Gasteiger partial charge is 0.151 e. The molecule has 2 heterocycles. The Morgan fingerprint density at radius 3 is 2.83 bits per heavy atom.